The van der Waals surface area contributed by atoms with Gasteiger partial charge in [0, 0.05) is 22.2 Å². The lowest BCUT2D eigenvalue weighted by Gasteiger charge is -2.42. The van der Waals surface area contributed by atoms with Gasteiger partial charge in [0.2, 0.25) is 0 Å². The quantitative estimate of drug-likeness (QED) is 0.166. The van der Waals surface area contributed by atoms with Crippen molar-refractivity contribution in [3.05, 3.63) is 217 Å². The summed E-state index contributed by atoms with van der Waals surface area (Å²) >= 11 is 0. The summed E-state index contributed by atoms with van der Waals surface area (Å²) in [5.41, 5.74) is 11.6. The average molecular weight is 899 g/mol. The van der Waals surface area contributed by atoms with Crippen LogP contribution < -0.4 is 19.3 Å². The first-order valence-corrected chi connectivity index (χ1v) is 23.3. The Labute approximate surface area is 402 Å². The molecule has 0 aliphatic carbocycles. The van der Waals surface area contributed by atoms with Crippen molar-refractivity contribution in [2.75, 3.05) is 16.8 Å². The molecule has 0 aromatic heterocycles. The van der Waals surface area contributed by atoms with E-state index in [4.69, 9.17) is 9.47 Å². The molecule has 0 spiro atoms. The van der Waals surface area contributed by atoms with Crippen molar-refractivity contribution < 1.29 is 13.9 Å². The Morgan fingerprint density at radius 1 is 0.406 bits per heavy atom. The summed E-state index contributed by atoms with van der Waals surface area (Å²) in [4.78, 5) is 6.50. The van der Waals surface area contributed by atoms with Crippen LogP contribution in [0.15, 0.2) is 194 Å². The third-order valence-corrected chi connectivity index (χ3v) is 14.5. The van der Waals surface area contributed by atoms with Gasteiger partial charge < -0.3 is 19.3 Å². The Bertz CT molecular complexity index is 3370. The molecular formula is C62H47FN4O2. The van der Waals surface area contributed by atoms with Crippen LogP contribution in [0.25, 0.3) is 44.5 Å². The van der Waals surface area contributed by atoms with E-state index >= 15 is 4.39 Å². The van der Waals surface area contributed by atoms with Crippen molar-refractivity contribution in [2.45, 2.75) is 38.8 Å². The Balaban J connectivity index is 1.20. The van der Waals surface area contributed by atoms with E-state index in [0.717, 1.165) is 61.4 Å². The van der Waals surface area contributed by atoms with Crippen molar-refractivity contribution >= 4 is 34.1 Å². The first-order chi connectivity index (χ1) is 33.5. The number of benzene rings is 9. The smallest absolute Gasteiger partial charge is 0.152 e. The second-order valence-corrected chi connectivity index (χ2v) is 19.0. The van der Waals surface area contributed by atoms with Crippen LogP contribution in [0.3, 0.4) is 0 Å². The van der Waals surface area contributed by atoms with Crippen LogP contribution in [0.5, 0.6) is 23.0 Å². The molecular weight excluding hydrogens is 852 g/mol. The number of nitrogens with zero attached hydrogens (tertiary/aromatic N) is 4. The van der Waals surface area contributed by atoms with Gasteiger partial charge in [-0.1, -0.05) is 146 Å². The molecule has 0 fully saturated rings. The number of anilines is 6. The maximum atomic E-state index is 18.4. The molecule has 0 saturated carbocycles. The van der Waals surface area contributed by atoms with Crippen molar-refractivity contribution in [3.63, 3.8) is 0 Å². The van der Waals surface area contributed by atoms with Crippen molar-refractivity contribution in [1.29, 1.82) is 5.26 Å². The number of halogens is 1. The molecule has 0 radical (unpaired) electrons. The number of nitriles is 1. The number of hydrogen-bond acceptors (Lipinski definition) is 6. The Hall–Kier alpha value is -8.44. The SMILES string of the molecule is CN1C(C)(C)c2c(F)c(C#N)c(N3c4ccc(-c5ccccc5)cc4Oc4cc(-c5ccccc5)ccc43)c(N3c4ccc(-c5ccccc5)cc4Oc4cc(-c5ccccc5)ccc43)c2C1(C)C. The fourth-order valence-corrected chi connectivity index (χ4v) is 10.8. The van der Waals surface area contributed by atoms with E-state index in [0.29, 0.717) is 51.3 Å². The molecule has 0 unspecified atom stereocenters. The summed E-state index contributed by atoms with van der Waals surface area (Å²) in [6.45, 7) is 8.39. The van der Waals surface area contributed by atoms with Gasteiger partial charge in [-0.25, -0.2) is 4.39 Å². The van der Waals surface area contributed by atoms with Crippen molar-refractivity contribution in [2.24, 2.45) is 0 Å². The van der Waals surface area contributed by atoms with Gasteiger partial charge in [0.15, 0.2) is 23.0 Å². The fourth-order valence-electron chi connectivity index (χ4n) is 10.8. The lowest BCUT2D eigenvalue weighted by atomic mass is 9.84. The fraction of sp³-hybridized carbons (Fsp3) is 0.113. The Morgan fingerprint density at radius 3 is 1.03 bits per heavy atom. The zero-order chi connectivity index (χ0) is 47.2. The molecule has 3 aliphatic heterocycles. The first kappa shape index (κ1) is 42.0. The zero-order valence-electron chi connectivity index (χ0n) is 39.0. The minimum Gasteiger partial charge on any atom is -0.453 e. The summed E-state index contributed by atoms with van der Waals surface area (Å²) in [6, 6.07) is 68.2. The minimum absolute atomic E-state index is 0.0719. The van der Waals surface area contributed by atoms with Gasteiger partial charge in [-0.15, -0.1) is 0 Å². The highest BCUT2D eigenvalue weighted by atomic mass is 19.1. The highest BCUT2D eigenvalue weighted by Gasteiger charge is 2.54. The molecule has 0 saturated heterocycles. The van der Waals surface area contributed by atoms with Gasteiger partial charge in [0.25, 0.3) is 0 Å². The standard InChI is InChI=1S/C62H47FN4O2/c1-61(2)56-57(62(3,4)65(61)5)60(67-50-32-28-45(41-22-14-8-15-23-41)36-54(50)69-55-37-46(29-33-51(55)67)42-24-16-9-17-25-42)59(47(38-64)58(56)63)66-48-30-26-43(39-18-10-6-11-19-39)34-52(48)68-53-35-44(27-31-49(53)66)40-20-12-7-13-21-40/h6-37H,1-5H3. The van der Waals surface area contributed by atoms with Crippen LogP contribution in [-0.2, 0) is 11.1 Å². The number of rotatable bonds is 6. The molecule has 0 amide bonds. The molecule has 9 aromatic carbocycles. The van der Waals surface area contributed by atoms with E-state index in [1.54, 1.807) is 0 Å². The van der Waals surface area contributed by atoms with E-state index < -0.39 is 16.9 Å². The second-order valence-electron chi connectivity index (χ2n) is 19.0. The van der Waals surface area contributed by atoms with Crippen LogP contribution in [0.4, 0.5) is 38.5 Å². The van der Waals surface area contributed by atoms with E-state index in [2.05, 4.69) is 132 Å². The highest BCUT2D eigenvalue weighted by Crippen LogP contribution is 2.65. The van der Waals surface area contributed by atoms with E-state index in [1.165, 1.54) is 0 Å². The predicted molar refractivity (Wildman–Crippen MR) is 276 cm³/mol. The predicted octanol–water partition coefficient (Wildman–Crippen LogP) is 16.9. The summed E-state index contributed by atoms with van der Waals surface area (Å²) in [5, 5.41) is 11.6. The topological polar surface area (TPSA) is 52.0 Å². The lowest BCUT2D eigenvalue weighted by molar-refractivity contribution is 0.0718. The van der Waals surface area contributed by atoms with Crippen LogP contribution >= 0.6 is 0 Å². The van der Waals surface area contributed by atoms with Crippen LogP contribution in [0.1, 0.15) is 44.4 Å². The van der Waals surface area contributed by atoms with Gasteiger partial charge in [0.1, 0.15) is 17.4 Å². The number of hydrogen-bond donors (Lipinski definition) is 0. The summed E-state index contributed by atoms with van der Waals surface area (Å²) in [7, 11) is 2.05. The van der Waals surface area contributed by atoms with Crippen LogP contribution in [0, 0.1) is 17.1 Å². The molecule has 0 N–H and O–H groups in total. The monoisotopic (exact) mass is 898 g/mol. The molecule has 3 aliphatic rings. The summed E-state index contributed by atoms with van der Waals surface area (Å²) < 4.78 is 32.4. The molecule has 0 atom stereocenters. The molecule has 334 valence electrons. The van der Waals surface area contributed by atoms with Gasteiger partial charge in [0.05, 0.1) is 34.1 Å². The Morgan fingerprint density at radius 2 is 0.710 bits per heavy atom. The maximum Gasteiger partial charge on any atom is 0.152 e. The molecule has 0 bridgehead atoms. The summed E-state index contributed by atoms with van der Waals surface area (Å²) in [5.74, 6) is 1.86. The molecule has 9 aromatic rings. The van der Waals surface area contributed by atoms with Crippen molar-refractivity contribution in [1.82, 2.24) is 4.90 Å². The van der Waals surface area contributed by atoms with E-state index in [1.807, 2.05) is 118 Å². The number of ether oxygens (including phenoxy) is 2. The first-order valence-electron chi connectivity index (χ1n) is 23.3. The number of fused-ring (bicyclic) bond motifs is 5. The average Bonchev–Trinajstić information content (AvgIpc) is 3.53. The zero-order valence-corrected chi connectivity index (χ0v) is 39.0. The third kappa shape index (κ3) is 6.55. The molecule has 7 heteroatoms. The highest BCUT2D eigenvalue weighted by molar-refractivity contribution is 6.03. The molecule has 12 rings (SSSR count). The molecule has 69 heavy (non-hydrogen) atoms. The molecule has 3 heterocycles. The van der Waals surface area contributed by atoms with Gasteiger partial charge in [-0.05, 0) is 128 Å². The maximum absolute atomic E-state index is 18.4. The van der Waals surface area contributed by atoms with Gasteiger partial charge in [-0.3, -0.25) is 4.90 Å². The van der Waals surface area contributed by atoms with Crippen LogP contribution in [0.2, 0.25) is 0 Å². The molecule has 6 nitrogen and oxygen atoms in total. The van der Waals surface area contributed by atoms with Crippen molar-refractivity contribution in [3.8, 4) is 73.6 Å². The van der Waals surface area contributed by atoms with E-state index in [-0.39, 0.29) is 5.56 Å². The lowest BCUT2D eigenvalue weighted by Crippen LogP contribution is -2.42. The van der Waals surface area contributed by atoms with Gasteiger partial charge >= 0.3 is 0 Å². The van der Waals surface area contributed by atoms with Crippen LogP contribution in [-0.4, -0.2) is 11.9 Å². The minimum atomic E-state index is -0.815. The van der Waals surface area contributed by atoms with Gasteiger partial charge in [-0.2, -0.15) is 5.26 Å². The summed E-state index contributed by atoms with van der Waals surface area (Å²) in [6.07, 6.45) is 0. The Kier molecular flexibility index (Phi) is 9.63. The third-order valence-electron chi connectivity index (χ3n) is 14.5. The second kappa shape index (κ2) is 15.8. The largest absolute Gasteiger partial charge is 0.453 e. The van der Waals surface area contributed by atoms with E-state index in [9.17, 15) is 5.26 Å². The normalized spacial score (nSPS) is 14.9.